The predicted molar refractivity (Wildman–Crippen MR) is 111 cm³/mol. The molecular formula is C21H22N6O2. The Balaban J connectivity index is 1.96. The van der Waals surface area contributed by atoms with Crippen LogP contribution in [0, 0.1) is 11.8 Å². The molecule has 0 bridgehead atoms. The molecule has 3 rings (SSSR count). The normalized spacial score (nSPS) is 10.8. The van der Waals surface area contributed by atoms with Crippen LogP contribution in [-0.4, -0.2) is 28.2 Å². The summed E-state index contributed by atoms with van der Waals surface area (Å²) in [6.45, 7) is 5.98. The second-order valence-electron chi connectivity index (χ2n) is 7.31. The first kappa shape index (κ1) is 19.9. The molecule has 148 valence electrons. The third kappa shape index (κ3) is 4.52. The number of benzene rings is 1. The van der Waals surface area contributed by atoms with Gasteiger partial charge in [-0.2, -0.15) is 0 Å². The molecule has 8 heteroatoms. The number of carbonyl (C=O) groups excluding carboxylic acids is 1. The molecular weight excluding hydrogens is 368 g/mol. The van der Waals surface area contributed by atoms with Crippen LogP contribution in [0.4, 0.5) is 22.1 Å². The number of hydrogen-bond donors (Lipinski definition) is 2. The Bertz CT molecular complexity index is 1090. The molecule has 0 spiro atoms. The minimum absolute atomic E-state index is 0.245. The Morgan fingerprint density at radius 1 is 1.24 bits per heavy atom. The van der Waals surface area contributed by atoms with Crippen molar-refractivity contribution in [2.75, 3.05) is 17.3 Å². The molecule has 2 amide bonds. The lowest BCUT2D eigenvalue weighted by atomic mass is 9.93. The van der Waals surface area contributed by atoms with E-state index in [1.807, 2.05) is 26.8 Å². The van der Waals surface area contributed by atoms with Gasteiger partial charge in [0.1, 0.15) is 17.9 Å². The fourth-order valence-corrected chi connectivity index (χ4v) is 2.58. The number of anilines is 3. The van der Waals surface area contributed by atoms with E-state index in [2.05, 4.69) is 32.3 Å². The average molecular weight is 390 g/mol. The molecule has 0 unspecified atom stereocenters. The maximum Gasteiger partial charge on any atom is 0.325 e. The van der Waals surface area contributed by atoms with Gasteiger partial charge >= 0.3 is 6.03 Å². The fraction of sp³-hybridized carbons (Fsp3) is 0.238. The minimum atomic E-state index is -0.669. The van der Waals surface area contributed by atoms with E-state index in [1.165, 1.54) is 11.2 Å². The molecule has 2 heterocycles. The third-order valence-corrected chi connectivity index (χ3v) is 4.08. The van der Waals surface area contributed by atoms with Crippen molar-refractivity contribution in [3.63, 3.8) is 0 Å². The lowest BCUT2D eigenvalue weighted by Gasteiger charge is -2.17. The summed E-state index contributed by atoms with van der Waals surface area (Å²) >= 11 is 0. The van der Waals surface area contributed by atoms with Crippen molar-refractivity contribution in [1.82, 2.24) is 15.1 Å². The molecule has 3 aromatic rings. The number of carbonyl (C=O) groups is 1. The molecule has 0 aliphatic rings. The highest BCUT2D eigenvalue weighted by Gasteiger charge is 2.24. The van der Waals surface area contributed by atoms with Crippen molar-refractivity contribution in [3.8, 4) is 11.8 Å². The Kier molecular flexibility index (Phi) is 5.50. The van der Waals surface area contributed by atoms with Crippen molar-refractivity contribution in [2.24, 2.45) is 5.73 Å². The quantitative estimate of drug-likeness (QED) is 0.663. The predicted octanol–water partition coefficient (Wildman–Crippen LogP) is 3.42. The summed E-state index contributed by atoms with van der Waals surface area (Å²) in [5.41, 5.74) is 7.27. The van der Waals surface area contributed by atoms with Gasteiger partial charge in [0, 0.05) is 30.3 Å². The SMILES string of the molecule is CNc1ncncc1C#Cc1cccc(N(C(N)=O)c2cc(C(C)(C)C)on2)c1. The monoisotopic (exact) mass is 390 g/mol. The molecule has 8 nitrogen and oxygen atoms in total. The molecule has 3 N–H and O–H groups in total. The number of urea groups is 1. The number of nitrogens with two attached hydrogens (primary N) is 1. The Labute approximate surface area is 169 Å². The standard InChI is InChI=1S/C21H22N6O2/c1-21(2,3)17-11-18(26-29-17)27(20(22)28)16-7-5-6-14(10-16)8-9-15-12-24-13-25-19(15)23-4/h5-7,10-13H,1-4H3,(H2,22,28)(H,23,24,25). The van der Waals surface area contributed by atoms with Gasteiger partial charge in [0.2, 0.25) is 0 Å². The van der Waals surface area contributed by atoms with Crippen molar-refractivity contribution in [3.05, 3.63) is 59.7 Å². The van der Waals surface area contributed by atoms with Gasteiger partial charge < -0.3 is 15.6 Å². The van der Waals surface area contributed by atoms with Gasteiger partial charge in [0.15, 0.2) is 5.82 Å². The Morgan fingerprint density at radius 2 is 2.03 bits per heavy atom. The van der Waals surface area contributed by atoms with E-state index in [9.17, 15) is 4.79 Å². The Hall–Kier alpha value is -3.86. The van der Waals surface area contributed by atoms with Gasteiger partial charge in [-0.3, -0.25) is 0 Å². The third-order valence-electron chi connectivity index (χ3n) is 4.08. The molecule has 29 heavy (non-hydrogen) atoms. The van der Waals surface area contributed by atoms with E-state index in [4.69, 9.17) is 10.3 Å². The molecule has 0 aliphatic carbocycles. The smallest absolute Gasteiger partial charge is 0.325 e. The van der Waals surface area contributed by atoms with Crippen LogP contribution in [0.2, 0.25) is 0 Å². The van der Waals surface area contributed by atoms with E-state index >= 15 is 0 Å². The van der Waals surface area contributed by atoms with E-state index in [0.29, 0.717) is 34.2 Å². The highest BCUT2D eigenvalue weighted by Crippen LogP contribution is 2.30. The van der Waals surface area contributed by atoms with Gasteiger partial charge in [-0.25, -0.2) is 19.7 Å². The summed E-state index contributed by atoms with van der Waals surface area (Å²) in [6.07, 6.45) is 3.08. The second-order valence-corrected chi connectivity index (χ2v) is 7.31. The number of nitrogens with zero attached hydrogens (tertiary/aromatic N) is 4. The molecule has 2 aromatic heterocycles. The lowest BCUT2D eigenvalue weighted by molar-refractivity contribution is 0.255. The van der Waals surface area contributed by atoms with Crippen LogP contribution in [0.25, 0.3) is 0 Å². The van der Waals surface area contributed by atoms with E-state index in [1.54, 1.807) is 37.5 Å². The maximum atomic E-state index is 12.1. The molecule has 0 radical (unpaired) electrons. The zero-order chi connectivity index (χ0) is 21.0. The van der Waals surface area contributed by atoms with Crippen LogP contribution in [0.3, 0.4) is 0 Å². The minimum Gasteiger partial charge on any atom is -0.372 e. The summed E-state index contributed by atoms with van der Waals surface area (Å²) in [5.74, 6) is 7.70. The van der Waals surface area contributed by atoms with Crippen molar-refractivity contribution in [2.45, 2.75) is 26.2 Å². The largest absolute Gasteiger partial charge is 0.372 e. The number of primary amides is 1. The summed E-state index contributed by atoms with van der Waals surface area (Å²) in [6, 6.07) is 8.18. The van der Waals surface area contributed by atoms with Gasteiger partial charge in [-0.15, -0.1) is 0 Å². The number of amides is 2. The van der Waals surface area contributed by atoms with Gasteiger partial charge in [0.25, 0.3) is 0 Å². The number of rotatable bonds is 3. The summed E-state index contributed by atoms with van der Waals surface area (Å²) < 4.78 is 5.39. The first-order chi connectivity index (χ1) is 13.8. The van der Waals surface area contributed by atoms with Crippen molar-refractivity contribution < 1.29 is 9.32 Å². The average Bonchev–Trinajstić information content (AvgIpc) is 3.17. The number of hydrogen-bond acceptors (Lipinski definition) is 6. The first-order valence-electron chi connectivity index (χ1n) is 8.96. The van der Waals surface area contributed by atoms with Crippen LogP contribution >= 0.6 is 0 Å². The van der Waals surface area contributed by atoms with E-state index < -0.39 is 6.03 Å². The molecule has 0 fully saturated rings. The Morgan fingerprint density at radius 3 is 2.69 bits per heavy atom. The molecule has 0 saturated carbocycles. The summed E-state index contributed by atoms with van der Waals surface area (Å²) in [5, 5.41) is 6.99. The van der Waals surface area contributed by atoms with Crippen LogP contribution in [0.5, 0.6) is 0 Å². The fourth-order valence-electron chi connectivity index (χ4n) is 2.58. The molecule has 1 aromatic carbocycles. The maximum absolute atomic E-state index is 12.1. The van der Waals surface area contributed by atoms with E-state index in [0.717, 1.165) is 0 Å². The topological polar surface area (TPSA) is 110 Å². The highest BCUT2D eigenvalue weighted by molar-refractivity contribution is 5.97. The zero-order valence-corrected chi connectivity index (χ0v) is 16.7. The zero-order valence-electron chi connectivity index (χ0n) is 16.7. The van der Waals surface area contributed by atoms with Crippen LogP contribution in [0.15, 0.2) is 47.4 Å². The molecule has 0 aliphatic heterocycles. The van der Waals surface area contributed by atoms with Crippen LogP contribution in [0.1, 0.15) is 37.7 Å². The molecule has 0 saturated heterocycles. The second kappa shape index (κ2) is 8.02. The van der Waals surface area contributed by atoms with Crippen LogP contribution in [-0.2, 0) is 5.41 Å². The van der Waals surface area contributed by atoms with Crippen molar-refractivity contribution >= 4 is 23.4 Å². The van der Waals surface area contributed by atoms with Gasteiger partial charge in [-0.05, 0) is 18.2 Å². The number of nitrogens with one attached hydrogen (secondary N) is 1. The number of aromatic nitrogens is 3. The summed E-state index contributed by atoms with van der Waals surface area (Å²) in [7, 11) is 1.77. The van der Waals surface area contributed by atoms with Gasteiger partial charge in [0.05, 0.1) is 11.3 Å². The first-order valence-corrected chi connectivity index (χ1v) is 8.96. The summed E-state index contributed by atoms with van der Waals surface area (Å²) in [4.78, 5) is 21.5. The van der Waals surface area contributed by atoms with Crippen LogP contribution < -0.4 is 16.0 Å². The highest BCUT2D eigenvalue weighted by atomic mass is 16.5. The van der Waals surface area contributed by atoms with Crippen molar-refractivity contribution in [1.29, 1.82) is 0 Å². The molecule has 0 atom stereocenters. The van der Waals surface area contributed by atoms with E-state index in [-0.39, 0.29) is 5.41 Å². The van der Waals surface area contributed by atoms with Gasteiger partial charge in [-0.1, -0.05) is 43.8 Å². The lowest BCUT2D eigenvalue weighted by Crippen LogP contribution is -2.31.